The molecule has 7 heteroatoms. The largest absolute Gasteiger partial charge is 0.454 e. The summed E-state index contributed by atoms with van der Waals surface area (Å²) in [7, 11) is 0. The predicted molar refractivity (Wildman–Crippen MR) is 109 cm³/mol. The van der Waals surface area contributed by atoms with Crippen molar-refractivity contribution in [3.63, 3.8) is 0 Å². The first-order valence-electron chi connectivity index (χ1n) is 9.83. The Kier molecular flexibility index (Phi) is 5.94. The van der Waals surface area contributed by atoms with Crippen LogP contribution >= 0.6 is 0 Å². The molecule has 0 spiro atoms. The smallest absolute Gasteiger partial charge is 0.231 e. The molecule has 0 unspecified atom stereocenters. The van der Waals surface area contributed by atoms with Gasteiger partial charge in [-0.3, -0.25) is 9.69 Å². The zero-order valence-electron chi connectivity index (χ0n) is 16.3. The van der Waals surface area contributed by atoms with Crippen molar-refractivity contribution in [2.24, 2.45) is 0 Å². The first kappa shape index (κ1) is 19.2. The minimum atomic E-state index is -0.0251. The number of nitrogens with one attached hydrogen (secondary N) is 1. The number of ether oxygens (including phenoxy) is 2. The van der Waals surface area contributed by atoms with Crippen LogP contribution in [0.1, 0.15) is 17.5 Å². The standard InChI is InChI=1S/C22H24N4O3/c23-14-17-2-1-3-19(12-17)24-22(27)6-7-25-8-10-26(11-9-25)15-18-4-5-20-21(13-18)29-16-28-20/h1-5,12-13H,6-11,15-16H2,(H,24,27). The number of piperazine rings is 1. The van der Waals surface area contributed by atoms with E-state index in [1.165, 1.54) is 5.56 Å². The van der Waals surface area contributed by atoms with Gasteiger partial charge in [0.05, 0.1) is 11.6 Å². The van der Waals surface area contributed by atoms with Crippen molar-refractivity contribution in [1.29, 1.82) is 5.26 Å². The van der Waals surface area contributed by atoms with Crippen LogP contribution in [0.25, 0.3) is 0 Å². The summed E-state index contributed by atoms with van der Waals surface area (Å²) in [6, 6.07) is 15.2. The molecule has 2 heterocycles. The number of nitrogens with zero attached hydrogens (tertiary/aromatic N) is 3. The monoisotopic (exact) mass is 392 g/mol. The van der Waals surface area contributed by atoms with Crippen LogP contribution in [0, 0.1) is 11.3 Å². The van der Waals surface area contributed by atoms with Crippen molar-refractivity contribution >= 4 is 11.6 Å². The molecule has 1 amide bonds. The summed E-state index contributed by atoms with van der Waals surface area (Å²) in [4.78, 5) is 16.9. The van der Waals surface area contributed by atoms with Gasteiger partial charge in [0.15, 0.2) is 11.5 Å². The molecule has 29 heavy (non-hydrogen) atoms. The van der Waals surface area contributed by atoms with E-state index in [-0.39, 0.29) is 5.91 Å². The molecule has 4 rings (SSSR count). The van der Waals surface area contributed by atoms with E-state index in [2.05, 4.69) is 33.3 Å². The summed E-state index contributed by atoms with van der Waals surface area (Å²) in [6.45, 7) is 5.76. The lowest BCUT2D eigenvalue weighted by molar-refractivity contribution is -0.116. The number of nitriles is 1. The maximum absolute atomic E-state index is 12.2. The number of carbonyl (C=O) groups is 1. The lowest BCUT2D eigenvalue weighted by Crippen LogP contribution is -2.46. The molecule has 2 aromatic carbocycles. The molecule has 2 aliphatic rings. The summed E-state index contributed by atoms with van der Waals surface area (Å²) >= 11 is 0. The third kappa shape index (κ3) is 5.05. The Morgan fingerprint density at radius 1 is 1.03 bits per heavy atom. The molecule has 2 aliphatic heterocycles. The molecule has 7 nitrogen and oxygen atoms in total. The molecule has 0 atom stereocenters. The van der Waals surface area contributed by atoms with Gasteiger partial charge < -0.3 is 19.7 Å². The van der Waals surface area contributed by atoms with Gasteiger partial charge in [-0.25, -0.2) is 0 Å². The van der Waals surface area contributed by atoms with Crippen LogP contribution in [-0.4, -0.2) is 55.2 Å². The van der Waals surface area contributed by atoms with Crippen molar-refractivity contribution < 1.29 is 14.3 Å². The summed E-state index contributed by atoms with van der Waals surface area (Å²) in [5.74, 6) is 1.62. The second-order valence-electron chi connectivity index (χ2n) is 7.30. The minimum Gasteiger partial charge on any atom is -0.454 e. The molecule has 0 aromatic heterocycles. The maximum atomic E-state index is 12.2. The van der Waals surface area contributed by atoms with Gasteiger partial charge in [-0.2, -0.15) is 5.26 Å². The van der Waals surface area contributed by atoms with Gasteiger partial charge in [-0.15, -0.1) is 0 Å². The molecule has 0 bridgehead atoms. The highest BCUT2D eigenvalue weighted by Crippen LogP contribution is 2.32. The quantitative estimate of drug-likeness (QED) is 0.814. The Bertz CT molecular complexity index is 917. The molecule has 1 saturated heterocycles. The van der Waals surface area contributed by atoms with E-state index in [1.807, 2.05) is 6.07 Å². The molecule has 150 valence electrons. The molecule has 1 fully saturated rings. The van der Waals surface area contributed by atoms with Gasteiger partial charge in [0, 0.05) is 51.4 Å². The first-order chi connectivity index (χ1) is 14.2. The van der Waals surface area contributed by atoms with E-state index in [4.69, 9.17) is 14.7 Å². The van der Waals surface area contributed by atoms with Crippen LogP contribution in [0.5, 0.6) is 11.5 Å². The fourth-order valence-corrected chi connectivity index (χ4v) is 3.62. The summed E-state index contributed by atoms with van der Waals surface area (Å²) < 4.78 is 10.8. The van der Waals surface area contributed by atoms with E-state index in [0.717, 1.165) is 50.8 Å². The van der Waals surface area contributed by atoms with Gasteiger partial charge in [0.2, 0.25) is 12.7 Å². The molecule has 0 saturated carbocycles. The number of carbonyl (C=O) groups excluding carboxylic acids is 1. The molecular formula is C22H24N4O3. The third-order valence-corrected chi connectivity index (χ3v) is 5.24. The van der Waals surface area contributed by atoms with Gasteiger partial charge >= 0.3 is 0 Å². The van der Waals surface area contributed by atoms with Crippen LogP contribution in [0.4, 0.5) is 5.69 Å². The average molecular weight is 392 g/mol. The number of anilines is 1. The molecule has 0 aliphatic carbocycles. The van der Waals surface area contributed by atoms with Crippen molar-refractivity contribution in [3.05, 3.63) is 53.6 Å². The zero-order chi connectivity index (χ0) is 20.1. The van der Waals surface area contributed by atoms with E-state index < -0.39 is 0 Å². The molecule has 0 radical (unpaired) electrons. The molecule has 1 N–H and O–H groups in total. The second kappa shape index (κ2) is 8.95. The Balaban J connectivity index is 1.19. The van der Waals surface area contributed by atoms with Crippen molar-refractivity contribution in [2.45, 2.75) is 13.0 Å². The van der Waals surface area contributed by atoms with Gasteiger partial charge in [0.1, 0.15) is 0 Å². The Labute approximate surface area is 170 Å². The fraction of sp³-hybridized carbons (Fsp3) is 0.364. The van der Waals surface area contributed by atoms with E-state index >= 15 is 0 Å². The van der Waals surface area contributed by atoms with Crippen LogP contribution in [0.15, 0.2) is 42.5 Å². The zero-order valence-corrected chi connectivity index (χ0v) is 16.3. The highest BCUT2D eigenvalue weighted by molar-refractivity contribution is 5.90. The molecule has 2 aromatic rings. The summed E-state index contributed by atoms with van der Waals surface area (Å²) in [6.07, 6.45) is 0.443. The Morgan fingerprint density at radius 2 is 1.83 bits per heavy atom. The SMILES string of the molecule is N#Cc1cccc(NC(=O)CCN2CCN(Cc3ccc4c(c3)OCO4)CC2)c1. The topological polar surface area (TPSA) is 77.8 Å². The molecular weight excluding hydrogens is 368 g/mol. The number of fused-ring (bicyclic) bond motifs is 1. The van der Waals surface area contributed by atoms with Crippen LogP contribution in [0.2, 0.25) is 0 Å². The third-order valence-electron chi connectivity index (χ3n) is 5.24. The number of benzene rings is 2. The first-order valence-corrected chi connectivity index (χ1v) is 9.83. The minimum absolute atomic E-state index is 0.0251. The van der Waals surface area contributed by atoms with Crippen molar-refractivity contribution in [3.8, 4) is 17.6 Å². The number of rotatable bonds is 6. The van der Waals surface area contributed by atoms with E-state index in [0.29, 0.717) is 24.5 Å². The fourth-order valence-electron chi connectivity index (χ4n) is 3.62. The van der Waals surface area contributed by atoms with E-state index in [1.54, 1.807) is 24.3 Å². The van der Waals surface area contributed by atoms with Gasteiger partial charge in [-0.1, -0.05) is 12.1 Å². The number of hydrogen-bond acceptors (Lipinski definition) is 6. The number of hydrogen-bond donors (Lipinski definition) is 1. The summed E-state index contributed by atoms with van der Waals surface area (Å²) in [5, 5.41) is 11.8. The normalized spacial score (nSPS) is 16.4. The van der Waals surface area contributed by atoms with Crippen LogP contribution in [-0.2, 0) is 11.3 Å². The highest BCUT2D eigenvalue weighted by Gasteiger charge is 2.19. The Morgan fingerprint density at radius 3 is 2.66 bits per heavy atom. The van der Waals surface area contributed by atoms with E-state index in [9.17, 15) is 4.79 Å². The van der Waals surface area contributed by atoms with Gasteiger partial charge in [0.25, 0.3) is 0 Å². The predicted octanol–water partition coefficient (Wildman–Crippen LogP) is 2.43. The second-order valence-corrected chi connectivity index (χ2v) is 7.30. The van der Waals surface area contributed by atoms with Crippen LogP contribution < -0.4 is 14.8 Å². The lowest BCUT2D eigenvalue weighted by Gasteiger charge is -2.34. The summed E-state index contributed by atoms with van der Waals surface area (Å²) in [5.41, 5.74) is 2.44. The Hall–Kier alpha value is -3.08. The van der Waals surface area contributed by atoms with Crippen molar-refractivity contribution in [1.82, 2.24) is 9.80 Å². The maximum Gasteiger partial charge on any atom is 0.231 e. The average Bonchev–Trinajstić information content (AvgIpc) is 3.21. The highest BCUT2D eigenvalue weighted by atomic mass is 16.7. The number of amides is 1. The lowest BCUT2D eigenvalue weighted by atomic mass is 10.1. The van der Waals surface area contributed by atoms with Gasteiger partial charge in [-0.05, 0) is 35.9 Å². The van der Waals surface area contributed by atoms with Crippen molar-refractivity contribution in [2.75, 3.05) is 44.8 Å². The van der Waals surface area contributed by atoms with Crippen LogP contribution in [0.3, 0.4) is 0 Å².